The predicted octanol–water partition coefficient (Wildman–Crippen LogP) is 1.84. The summed E-state index contributed by atoms with van der Waals surface area (Å²) in [5.41, 5.74) is 0. The predicted molar refractivity (Wildman–Crippen MR) is 72.2 cm³/mol. The van der Waals surface area contributed by atoms with Crippen LogP contribution in [0.1, 0.15) is 44.9 Å². The third-order valence-electron chi connectivity index (χ3n) is 2.67. The van der Waals surface area contributed by atoms with E-state index in [4.69, 9.17) is 9.52 Å². The second-order valence-corrected chi connectivity index (χ2v) is 5.17. The van der Waals surface area contributed by atoms with Crippen LogP contribution in [0.4, 0.5) is 4.79 Å². The zero-order valence-electron chi connectivity index (χ0n) is 12.1. The zero-order valence-corrected chi connectivity index (χ0v) is 12.1. The van der Waals surface area contributed by atoms with Crippen LogP contribution in [-0.4, -0.2) is 28.1 Å². The molecule has 7 nitrogen and oxygen atoms in total. The van der Waals surface area contributed by atoms with Crippen LogP contribution >= 0.6 is 0 Å². The van der Waals surface area contributed by atoms with E-state index in [-0.39, 0.29) is 5.92 Å². The van der Waals surface area contributed by atoms with Gasteiger partial charge in [-0.2, -0.15) is 0 Å². The quantitative estimate of drug-likeness (QED) is 0.739. The smallest absolute Gasteiger partial charge is 0.326 e. The van der Waals surface area contributed by atoms with Gasteiger partial charge in [0.25, 0.3) is 0 Å². The van der Waals surface area contributed by atoms with E-state index in [1.807, 2.05) is 13.8 Å². The molecule has 3 N–H and O–H groups in total. The highest BCUT2D eigenvalue weighted by Crippen LogP contribution is 2.12. The molecule has 1 unspecified atom stereocenters. The minimum absolute atomic E-state index is 0.170. The van der Waals surface area contributed by atoms with Crippen molar-refractivity contribution in [1.82, 2.24) is 15.6 Å². The molecule has 1 rings (SSSR count). The average molecular weight is 283 g/mol. The molecule has 1 aromatic heterocycles. The molecule has 0 fully saturated rings. The minimum Gasteiger partial charge on any atom is -0.480 e. The van der Waals surface area contributed by atoms with Gasteiger partial charge in [0.2, 0.25) is 5.89 Å². The van der Waals surface area contributed by atoms with Gasteiger partial charge in [0.05, 0.1) is 6.20 Å². The summed E-state index contributed by atoms with van der Waals surface area (Å²) < 4.78 is 5.29. The van der Waals surface area contributed by atoms with E-state index >= 15 is 0 Å². The Kier molecular flexibility index (Phi) is 5.54. The first-order chi connectivity index (χ1) is 9.29. The first-order valence-electron chi connectivity index (χ1n) is 6.51. The second-order valence-electron chi connectivity index (χ2n) is 5.17. The van der Waals surface area contributed by atoms with Crippen molar-refractivity contribution in [2.75, 3.05) is 0 Å². The molecule has 1 aromatic rings. The number of hydrogen-bond donors (Lipinski definition) is 3. The Labute approximate surface area is 117 Å². The highest BCUT2D eigenvalue weighted by atomic mass is 16.4. The standard InChI is InChI=1S/C13H21N3O4/c1-7(2)5-10(12(17)18)16-13(19)15-9(4)11-14-6-8(3)20-11/h6-7,9-10H,5H2,1-4H3,(H,17,18)(H2,15,16,19)/t9?,10-/m1/s1. The van der Waals surface area contributed by atoms with Crippen molar-refractivity contribution in [1.29, 1.82) is 0 Å². The molecule has 0 aliphatic rings. The van der Waals surface area contributed by atoms with Crippen LogP contribution in [0.15, 0.2) is 10.6 Å². The number of carbonyl (C=O) groups excluding carboxylic acids is 1. The molecular formula is C13H21N3O4. The first-order valence-corrected chi connectivity index (χ1v) is 6.51. The number of urea groups is 1. The van der Waals surface area contributed by atoms with Gasteiger partial charge in [0.15, 0.2) is 0 Å². The first kappa shape index (κ1) is 16.0. The number of aliphatic carboxylic acids is 1. The van der Waals surface area contributed by atoms with Crippen LogP contribution < -0.4 is 10.6 Å². The van der Waals surface area contributed by atoms with Gasteiger partial charge in [-0.05, 0) is 26.2 Å². The normalized spacial score (nSPS) is 13.8. The summed E-state index contributed by atoms with van der Waals surface area (Å²) in [6.07, 6.45) is 1.93. The number of hydrogen-bond acceptors (Lipinski definition) is 4. The third-order valence-corrected chi connectivity index (χ3v) is 2.67. The number of rotatable bonds is 6. The monoisotopic (exact) mass is 283 g/mol. The second kappa shape index (κ2) is 6.93. The molecular weight excluding hydrogens is 262 g/mol. The maximum atomic E-state index is 11.8. The summed E-state index contributed by atoms with van der Waals surface area (Å²) in [4.78, 5) is 26.8. The van der Waals surface area contributed by atoms with Gasteiger partial charge in [-0.1, -0.05) is 13.8 Å². The largest absolute Gasteiger partial charge is 0.480 e. The Bertz CT molecular complexity index is 470. The molecule has 112 valence electrons. The van der Waals surface area contributed by atoms with Gasteiger partial charge in [-0.25, -0.2) is 14.6 Å². The Balaban J connectivity index is 2.55. The van der Waals surface area contributed by atoms with Crippen LogP contribution in [0.3, 0.4) is 0 Å². The number of aryl methyl sites for hydroxylation is 1. The van der Waals surface area contributed by atoms with E-state index in [0.29, 0.717) is 18.1 Å². The number of carbonyl (C=O) groups is 2. The number of carboxylic acid groups (broad SMARTS) is 1. The Hall–Kier alpha value is -2.05. The van der Waals surface area contributed by atoms with E-state index in [9.17, 15) is 9.59 Å². The van der Waals surface area contributed by atoms with Crippen LogP contribution in [0.25, 0.3) is 0 Å². The van der Waals surface area contributed by atoms with Crippen molar-refractivity contribution in [2.24, 2.45) is 5.92 Å². The van der Waals surface area contributed by atoms with Crippen LogP contribution in [-0.2, 0) is 4.79 Å². The highest BCUT2D eigenvalue weighted by Gasteiger charge is 2.22. The highest BCUT2D eigenvalue weighted by molar-refractivity contribution is 5.82. The maximum Gasteiger partial charge on any atom is 0.326 e. The van der Waals surface area contributed by atoms with E-state index in [0.717, 1.165) is 0 Å². The van der Waals surface area contributed by atoms with Crippen LogP contribution in [0.2, 0.25) is 0 Å². The lowest BCUT2D eigenvalue weighted by Gasteiger charge is -2.18. The van der Waals surface area contributed by atoms with E-state index < -0.39 is 24.1 Å². The van der Waals surface area contributed by atoms with Crippen molar-refractivity contribution in [2.45, 2.75) is 46.2 Å². The molecule has 0 spiro atoms. The van der Waals surface area contributed by atoms with Gasteiger partial charge < -0.3 is 20.2 Å². The van der Waals surface area contributed by atoms with Gasteiger partial charge >= 0.3 is 12.0 Å². The van der Waals surface area contributed by atoms with Gasteiger partial charge in [0.1, 0.15) is 17.8 Å². The number of amides is 2. The fourth-order valence-corrected chi connectivity index (χ4v) is 1.72. The summed E-state index contributed by atoms with van der Waals surface area (Å²) in [6.45, 7) is 7.26. The summed E-state index contributed by atoms with van der Waals surface area (Å²) in [6, 6.07) is -1.90. The maximum absolute atomic E-state index is 11.8. The summed E-state index contributed by atoms with van der Waals surface area (Å²) in [5.74, 6) is 0.155. The topological polar surface area (TPSA) is 104 Å². The minimum atomic E-state index is -1.05. The number of carboxylic acids is 1. The van der Waals surface area contributed by atoms with Gasteiger partial charge in [-0.3, -0.25) is 0 Å². The molecule has 0 radical (unpaired) electrons. The molecule has 2 atom stereocenters. The van der Waals surface area contributed by atoms with Crippen LogP contribution in [0.5, 0.6) is 0 Å². The fraction of sp³-hybridized carbons (Fsp3) is 0.615. The number of nitrogens with zero attached hydrogens (tertiary/aromatic N) is 1. The number of oxazole rings is 1. The van der Waals surface area contributed by atoms with E-state index in [2.05, 4.69) is 15.6 Å². The zero-order chi connectivity index (χ0) is 15.3. The molecule has 7 heteroatoms. The number of nitrogens with one attached hydrogen (secondary N) is 2. The molecule has 0 saturated heterocycles. The molecule has 0 aliphatic carbocycles. The summed E-state index contributed by atoms with van der Waals surface area (Å²) >= 11 is 0. The molecule has 0 aliphatic heterocycles. The van der Waals surface area contributed by atoms with Crippen molar-refractivity contribution < 1.29 is 19.1 Å². The van der Waals surface area contributed by atoms with Crippen LogP contribution in [0, 0.1) is 12.8 Å². The van der Waals surface area contributed by atoms with Crippen molar-refractivity contribution >= 4 is 12.0 Å². The number of aromatic nitrogens is 1. The van der Waals surface area contributed by atoms with Crippen molar-refractivity contribution in [3.8, 4) is 0 Å². The van der Waals surface area contributed by atoms with Gasteiger partial charge in [-0.15, -0.1) is 0 Å². The SMILES string of the molecule is Cc1cnc(C(C)NC(=O)N[C@H](CC(C)C)C(=O)O)o1. The molecule has 0 aromatic carbocycles. The molecule has 20 heavy (non-hydrogen) atoms. The third kappa shape index (κ3) is 4.91. The Morgan fingerprint density at radius 2 is 2.00 bits per heavy atom. The molecule has 0 saturated carbocycles. The average Bonchev–Trinajstić information content (AvgIpc) is 2.74. The van der Waals surface area contributed by atoms with Crippen molar-refractivity contribution in [3.63, 3.8) is 0 Å². The lowest BCUT2D eigenvalue weighted by Crippen LogP contribution is -2.47. The van der Waals surface area contributed by atoms with Gasteiger partial charge in [0, 0.05) is 0 Å². The van der Waals surface area contributed by atoms with E-state index in [1.54, 1.807) is 20.0 Å². The molecule has 2 amide bonds. The lowest BCUT2D eigenvalue weighted by molar-refractivity contribution is -0.139. The molecule has 0 bridgehead atoms. The summed E-state index contributed by atoms with van der Waals surface area (Å²) in [5, 5.41) is 14.1. The van der Waals surface area contributed by atoms with Crippen molar-refractivity contribution in [3.05, 3.63) is 17.8 Å². The summed E-state index contributed by atoms with van der Waals surface area (Å²) in [7, 11) is 0. The Morgan fingerprint density at radius 1 is 1.35 bits per heavy atom. The Morgan fingerprint density at radius 3 is 2.45 bits per heavy atom. The lowest BCUT2D eigenvalue weighted by atomic mass is 10.0. The fourth-order valence-electron chi connectivity index (χ4n) is 1.72. The van der Waals surface area contributed by atoms with E-state index in [1.165, 1.54) is 0 Å². The molecule has 1 heterocycles.